The van der Waals surface area contributed by atoms with Gasteiger partial charge in [-0.1, -0.05) is 12.1 Å². The minimum atomic E-state index is -0.377. The summed E-state index contributed by atoms with van der Waals surface area (Å²) in [6.07, 6.45) is 1.69. The molecule has 6 heteroatoms. The Kier molecular flexibility index (Phi) is 5.02. The average Bonchev–Trinajstić information content (AvgIpc) is 3.01. The van der Waals surface area contributed by atoms with Crippen LogP contribution in [-0.4, -0.2) is 28.5 Å². The van der Waals surface area contributed by atoms with Crippen molar-refractivity contribution in [3.05, 3.63) is 65.0 Å². The van der Waals surface area contributed by atoms with Gasteiger partial charge in [0, 0.05) is 6.54 Å². The lowest BCUT2D eigenvalue weighted by atomic mass is 10.1. The number of amides is 1. The number of nitrogens with one attached hydrogen (secondary N) is 1. The number of fused-ring (bicyclic) bond motifs is 1. The molecule has 0 aliphatic carbocycles. The Morgan fingerprint density at radius 1 is 1.12 bits per heavy atom. The number of aromatic nitrogens is 2. The molecule has 1 N–H and O–H groups in total. The van der Waals surface area contributed by atoms with Gasteiger partial charge >= 0.3 is 5.97 Å². The molecule has 1 amide bonds. The molecule has 6 nitrogen and oxygen atoms in total. The number of hydrogen-bond donors (Lipinski definition) is 1. The highest BCUT2D eigenvalue weighted by atomic mass is 16.5. The lowest BCUT2D eigenvalue weighted by Crippen LogP contribution is -2.26. The van der Waals surface area contributed by atoms with Gasteiger partial charge in [-0.15, -0.1) is 0 Å². The predicted octanol–water partition coefficient (Wildman–Crippen LogP) is 2.76. The van der Waals surface area contributed by atoms with Crippen molar-refractivity contribution in [2.24, 2.45) is 0 Å². The van der Waals surface area contributed by atoms with Gasteiger partial charge in [-0.3, -0.25) is 4.79 Å². The van der Waals surface area contributed by atoms with Crippen molar-refractivity contribution in [2.45, 2.75) is 26.9 Å². The largest absolute Gasteiger partial charge is 0.465 e. The van der Waals surface area contributed by atoms with E-state index in [1.807, 2.05) is 24.5 Å². The normalized spacial score (nSPS) is 10.7. The van der Waals surface area contributed by atoms with Crippen LogP contribution >= 0.6 is 0 Å². The lowest BCUT2D eigenvalue weighted by Gasteiger charge is -2.08. The fourth-order valence-electron chi connectivity index (χ4n) is 2.73. The lowest BCUT2D eigenvalue weighted by molar-refractivity contribution is -0.121. The van der Waals surface area contributed by atoms with Crippen LogP contribution in [0.4, 0.5) is 0 Å². The molecule has 0 saturated heterocycles. The highest BCUT2D eigenvalue weighted by Crippen LogP contribution is 2.18. The third-order valence-corrected chi connectivity index (χ3v) is 4.42. The number of rotatable bonds is 5. The van der Waals surface area contributed by atoms with Crippen LogP contribution in [-0.2, 0) is 22.6 Å². The van der Waals surface area contributed by atoms with Crippen LogP contribution in [0.5, 0.6) is 0 Å². The van der Waals surface area contributed by atoms with Crippen molar-refractivity contribution in [2.75, 3.05) is 7.11 Å². The molecular formula is C20H21N3O3. The van der Waals surface area contributed by atoms with Crippen LogP contribution in [0.2, 0.25) is 0 Å². The Labute approximate surface area is 151 Å². The molecule has 0 unspecified atom stereocenters. The number of ether oxygens (including phenoxy) is 1. The van der Waals surface area contributed by atoms with Gasteiger partial charge in [-0.25, -0.2) is 9.78 Å². The summed E-state index contributed by atoms with van der Waals surface area (Å²) in [5.74, 6) is -0.474. The SMILES string of the molecule is COC(=O)c1ccc(CNC(=O)Cn2cnc3cc(C)c(C)cc32)cc1. The van der Waals surface area contributed by atoms with Crippen molar-refractivity contribution in [1.29, 1.82) is 0 Å². The molecular weight excluding hydrogens is 330 g/mol. The summed E-state index contributed by atoms with van der Waals surface area (Å²) in [4.78, 5) is 28.1. The fraction of sp³-hybridized carbons (Fsp3) is 0.250. The van der Waals surface area contributed by atoms with E-state index in [0.29, 0.717) is 12.1 Å². The molecule has 2 aromatic carbocycles. The van der Waals surface area contributed by atoms with Gasteiger partial charge in [-0.2, -0.15) is 0 Å². The third kappa shape index (κ3) is 3.74. The zero-order valence-electron chi connectivity index (χ0n) is 15.1. The molecule has 0 saturated carbocycles. The van der Waals surface area contributed by atoms with Crippen LogP contribution in [0.15, 0.2) is 42.7 Å². The van der Waals surface area contributed by atoms with Gasteiger partial charge in [0.15, 0.2) is 0 Å². The molecule has 0 aliphatic rings. The van der Waals surface area contributed by atoms with Crippen LogP contribution in [0.1, 0.15) is 27.0 Å². The summed E-state index contributed by atoms with van der Waals surface area (Å²) in [5.41, 5.74) is 5.59. The molecule has 1 aromatic heterocycles. The number of aryl methyl sites for hydroxylation is 2. The second-order valence-electron chi connectivity index (χ2n) is 6.26. The van der Waals surface area contributed by atoms with Gasteiger partial charge in [-0.05, 0) is 54.8 Å². The minimum absolute atomic E-state index is 0.0976. The van der Waals surface area contributed by atoms with E-state index in [1.165, 1.54) is 18.2 Å². The average molecular weight is 351 g/mol. The Morgan fingerprint density at radius 2 is 1.81 bits per heavy atom. The van der Waals surface area contributed by atoms with Crippen LogP contribution < -0.4 is 5.32 Å². The van der Waals surface area contributed by atoms with Crippen molar-refractivity contribution in [3.63, 3.8) is 0 Å². The number of nitrogens with zero attached hydrogens (tertiary/aromatic N) is 2. The number of carbonyl (C=O) groups is 2. The monoisotopic (exact) mass is 351 g/mol. The van der Waals surface area contributed by atoms with Gasteiger partial charge < -0.3 is 14.6 Å². The maximum Gasteiger partial charge on any atom is 0.337 e. The first kappa shape index (κ1) is 17.7. The second-order valence-corrected chi connectivity index (χ2v) is 6.26. The molecule has 0 atom stereocenters. The maximum atomic E-state index is 12.3. The van der Waals surface area contributed by atoms with Crippen molar-refractivity contribution >= 4 is 22.9 Å². The molecule has 0 radical (unpaired) electrons. The number of methoxy groups -OCH3 is 1. The first-order valence-electron chi connectivity index (χ1n) is 8.34. The van der Waals surface area contributed by atoms with E-state index < -0.39 is 0 Å². The molecule has 0 bridgehead atoms. The summed E-state index contributed by atoms with van der Waals surface area (Å²) in [6, 6.07) is 11.0. The first-order valence-corrected chi connectivity index (χ1v) is 8.34. The predicted molar refractivity (Wildman–Crippen MR) is 98.8 cm³/mol. The van der Waals surface area contributed by atoms with Crippen molar-refractivity contribution < 1.29 is 14.3 Å². The standard InChI is InChI=1S/C20H21N3O3/c1-13-8-17-18(9-14(13)2)23(12-22-17)11-19(24)21-10-15-4-6-16(7-5-15)20(25)26-3/h4-9,12H,10-11H2,1-3H3,(H,21,24). The smallest absolute Gasteiger partial charge is 0.337 e. The number of imidazole rings is 1. The molecule has 3 aromatic rings. The van der Waals surface area contributed by atoms with E-state index in [-0.39, 0.29) is 18.4 Å². The molecule has 1 heterocycles. The van der Waals surface area contributed by atoms with Gasteiger partial charge in [0.2, 0.25) is 5.91 Å². The highest BCUT2D eigenvalue weighted by molar-refractivity contribution is 5.89. The fourth-order valence-corrected chi connectivity index (χ4v) is 2.73. The topological polar surface area (TPSA) is 73.2 Å². The van der Waals surface area contributed by atoms with Gasteiger partial charge in [0.1, 0.15) is 6.54 Å². The van der Waals surface area contributed by atoms with Crippen molar-refractivity contribution in [3.8, 4) is 0 Å². The zero-order valence-corrected chi connectivity index (χ0v) is 15.1. The Balaban J connectivity index is 1.63. The van der Waals surface area contributed by atoms with Crippen molar-refractivity contribution in [1.82, 2.24) is 14.9 Å². The number of hydrogen-bond acceptors (Lipinski definition) is 4. The molecule has 134 valence electrons. The number of carbonyl (C=O) groups excluding carboxylic acids is 2. The summed E-state index contributed by atoms with van der Waals surface area (Å²) < 4.78 is 6.51. The van der Waals surface area contributed by atoms with E-state index in [2.05, 4.69) is 21.1 Å². The van der Waals surface area contributed by atoms with E-state index in [9.17, 15) is 9.59 Å². The Hall–Kier alpha value is -3.15. The highest BCUT2D eigenvalue weighted by Gasteiger charge is 2.09. The second kappa shape index (κ2) is 7.39. The third-order valence-electron chi connectivity index (χ3n) is 4.42. The van der Waals surface area contributed by atoms with E-state index in [1.54, 1.807) is 30.6 Å². The summed E-state index contributed by atoms with van der Waals surface area (Å²) in [7, 11) is 1.35. The number of benzene rings is 2. The van der Waals surface area contributed by atoms with E-state index >= 15 is 0 Å². The first-order chi connectivity index (χ1) is 12.5. The van der Waals surface area contributed by atoms with Crippen LogP contribution in [0.25, 0.3) is 11.0 Å². The molecule has 0 spiro atoms. The molecule has 3 rings (SSSR count). The maximum absolute atomic E-state index is 12.3. The molecule has 26 heavy (non-hydrogen) atoms. The summed E-state index contributed by atoms with van der Waals surface area (Å²) >= 11 is 0. The van der Waals surface area contributed by atoms with E-state index in [0.717, 1.165) is 16.6 Å². The van der Waals surface area contributed by atoms with Gasteiger partial charge in [0.25, 0.3) is 0 Å². The van der Waals surface area contributed by atoms with E-state index in [4.69, 9.17) is 0 Å². The van der Waals surface area contributed by atoms with Gasteiger partial charge in [0.05, 0.1) is 30.0 Å². The number of esters is 1. The summed E-state index contributed by atoms with van der Waals surface area (Å²) in [5, 5.41) is 2.89. The molecule has 0 aliphatic heterocycles. The minimum Gasteiger partial charge on any atom is -0.465 e. The quantitative estimate of drug-likeness (QED) is 0.718. The Morgan fingerprint density at radius 3 is 2.50 bits per heavy atom. The summed E-state index contributed by atoms with van der Waals surface area (Å²) in [6.45, 7) is 4.69. The molecule has 0 fully saturated rings. The Bertz CT molecular complexity index is 958. The zero-order chi connectivity index (χ0) is 18.7. The van der Waals surface area contributed by atoms with Crippen LogP contribution in [0.3, 0.4) is 0 Å². The van der Waals surface area contributed by atoms with Crippen LogP contribution in [0, 0.1) is 13.8 Å².